The van der Waals surface area contributed by atoms with Gasteiger partial charge in [0, 0.05) is 12.8 Å². The largest absolute Gasteiger partial charge is 0.470 e. The fourth-order valence-electron chi connectivity index (χ4n) is 16.4. The molecule has 0 aromatic rings. The van der Waals surface area contributed by atoms with Crippen LogP contribution >= 0.6 is 7.82 Å². The highest BCUT2D eigenvalue weighted by Crippen LogP contribution is 2.43. The molecule has 0 radical (unpaired) electrons. The summed E-state index contributed by atoms with van der Waals surface area (Å²) in [5, 5.41) is 63.3. The number of rotatable bonds is 83. The van der Waals surface area contributed by atoms with Crippen molar-refractivity contribution in [2.24, 2.45) is 0 Å². The number of hydrogen-bond donors (Lipinski definition) is 9. The standard InChI is InChI=1S/C96H179N2O22P/c1-7-13-19-25-31-37-38-39-40-46-52-58-63-69-85(104)114-79(67-61-55-49-43-34-28-22-16-10-4)73-84(103)98-90-94(119-88(107)74-80(68-62-56-50-44-35-29-23-17-11-5)115-86(105)70-64-57-51-45-36-30-24-18-12-6)92(120-121(110,111)112)81(75-99)117-96(90)113-76-82-91(108)93(118-87(106)72-78(101)66-60-54-48-42-33-27-21-15-9-3)89(95(109)116-82)97-83(102)71-77(100)65-59-53-47-41-32-26-20-14-8-2/h37-38,77-82,89-96,99-101,108-109H,7-36,39-76H2,1-6H3,(H,97,102)(H,98,103)(H2,110,111,112)/b38-37-/t77?,78?,79?,80?,81?,82?,89?,90?,91-,92-,93-,94-,95-,96-/m1/s1. The fourth-order valence-corrected chi connectivity index (χ4v) is 17.0. The van der Waals surface area contributed by atoms with Gasteiger partial charge < -0.3 is 79.1 Å². The molecule has 0 spiro atoms. The molecule has 9 N–H and O–H groups in total. The van der Waals surface area contributed by atoms with Crippen LogP contribution in [0.3, 0.4) is 0 Å². The van der Waals surface area contributed by atoms with E-state index in [0.29, 0.717) is 51.4 Å². The van der Waals surface area contributed by atoms with E-state index < -0.39 is 168 Å². The zero-order valence-electron chi connectivity index (χ0n) is 77.0. The lowest BCUT2D eigenvalue weighted by Crippen LogP contribution is -2.68. The van der Waals surface area contributed by atoms with E-state index in [1.165, 1.54) is 96.3 Å². The minimum absolute atomic E-state index is 0.108. The highest BCUT2D eigenvalue weighted by atomic mass is 31.2. The fraction of sp³-hybridized carbons (Fsp3) is 0.917. The van der Waals surface area contributed by atoms with Crippen LogP contribution in [0.2, 0.25) is 0 Å². The van der Waals surface area contributed by atoms with Crippen LogP contribution in [0.1, 0.15) is 465 Å². The first kappa shape index (κ1) is 113. The van der Waals surface area contributed by atoms with Crippen molar-refractivity contribution in [1.29, 1.82) is 0 Å². The third-order valence-electron chi connectivity index (χ3n) is 23.8. The molecule has 2 rings (SSSR count). The van der Waals surface area contributed by atoms with E-state index in [-0.39, 0.29) is 25.7 Å². The number of carbonyl (C=O) groups is 6. The van der Waals surface area contributed by atoms with Crippen LogP contribution in [0.4, 0.5) is 0 Å². The zero-order valence-corrected chi connectivity index (χ0v) is 77.9. The number of phosphoric ester groups is 1. The molecule has 0 saturated carbocycles. The number of nitrogens with one attached hydrogen (secondary N) is 2. The Balaban J connectivity index is 2.73. The number of amides is 2. The molecule has 2 saturated heterocycles. The minimum Gasteiger partial charge on any atom is -0.462 e. The van der Waals surface area contributed by atoms with Crippen molar-refractivity contribution >= 4 is 43.5 Å². The number of aliphatic hydroxyl groups is 5. The van der Waals surface area contributed by atoms with Gasteiger partial charge in [-0.2, -0.15) is 0 Å². The van der Waals surface area contributed by atoms with Gasteiger partial charge in [-0.15, -0.1) is 0 Å². The summed E-state index contributed by atoms with van der Waals surface area (Å²) in [6.07, 6.45) is 41.9. The Morgan fingerprint density at radius 1 is 0.372 bits per heavy atom. The van der Waals surface area contributed by atoms with Gasteiger partial charge in [-0.05, 0) is 77.0 Å². The number of hydrogen-bond acceptors (Lipinski definition) is 20. The number of phosphoric acid groups is 1. The molecule has 2 aliphatic heterocycles. The van der Waals surface area contributed by atoms with Crippen molar-refractivity contribution in [3.8, 4) is 0 Å². The number of ether oxygens (including phenoxy) is 7. The molecule has 2 fully saturated rings. The predicted molar refractivity (Wildman–Crippen MR) is 479 cm³/mol. The topological polar surface area (TPSA) is 359 Å². The summed E-state index contributed by atoms with van der Waals surface area (Å²) in [5.74, 6) is -4.58. The molecule has 24 nitrogen and oxygen atoms in total. The number of carbonyl (C=O) groups excluding carboxylic acids is 6. The highest BCUT2D eigenvalue weighted by Gasteiger charge is 2.54. The van der Waals surface area contributed by atoms with Crippen molar-refractivity contribution in [1.82, 2.24) is 10.6 Å². The second-order valence-corrected chi connectivity index (χ2v) is 36.5. The molecule has 0 bridgehead atoms. The highest BCUT2D eigenvalue weighted by molar-refractivity contribution is 7.46. The molecule has 2 heterocycles. The van der Waals surface area contributed by atoms with Crippen molar-refractivity contribution < 1.29 is 106 Å². The van der Waals surface area contributed by atoms with Crippen molar-refractivity contribution in [3.05, 3.63) is 12.2 Å². The van der Waals surface area contributed by atoms with Crippen LogP contribution in [0.25, 0.3) is 0 Å². The number of allylic oxidation sites excluding steroid dienone is 2. The second kappa shape index (κ2) is 76.4. The Hall–Kier alpha value is -3.65. The van der Waals surface area contributed by atoms with E-state index in [2.05, 4.69) is 64.3 Å². The van der Waals surface area contributed by atoms with E-state index in [4.69, 9.17) is 37.7 Å². The molecule has 710 valence electrons. The maximum absolute atomic E-state index is 15.1. The smallest absolute Gasteiger partial charge is 0.462 e. The summed E-state index contributed by atoms with van der Waals surface area (Å²) in [4.78, 5) is 107. The zero-order chi connectivity index (χ0) is 88.6. The lowest BCUT2D eigenvalue weighted by Gasteiger charge is -2.46. The average Bonchev–Trinajstić information content (AvgIpc) is 0.768. The molecular weight excluding hydrogens is 1560 g/mol. The molecule has 2 aliphatic rings. The number of aliphatic hydroxyl groups excluding tert-OH is 5. The van der Waals surface area contributed by atoms with Crippen LogP contribution < -0.4 is 10.6 Å². The first-order chi connectivity index (χ1) is 58.6. The summed E-state index contributed by atoms with van der Waals surface area (Å²) in [5.41, 5.74) is 0. The molecule has 0 aromatic carbocycles. The van der Waals surface area contributed by atoms with Crippen LogP contribution in [0, 0.1) is 0 Å². The summed E-state index contributed by atoms with van der Waals surface area (Å²) in [6.45, 7) is 11.2. The van der Waals surface area contributed by atoms with Crippen LogP contribution in [-0.4, -0.2) is 170 Å². The van der Waals surface area contributed by atoms with Crippen LogP contribution in [0.15, 0.2) is 12.2 Å². The van der Waals surface area contributed by atoms with E-state index in [9.17, 15) is 63.9 Å². The van der Waals surface area contributed by atoms with Crippen LogP contribution in [0.5, 0.6) is 0 Å². The van der Waals surface area contributed by atoms with E-state index >= 15 is 4.79 Å². The van der Waals surface area contributed by atoms with Crippen molar-refractivity contribution in [3.63, 3.8) is 0 Å². The molecule has 8 unspecified atom stereocenters. The third kappa shape index (κ3) is 60.7. The summed E-state index contributed by atoms with van der Waals surface area (Å²) >= 11 is 0. The van der Waals surface area contributed by atoms with Gasteiger partial charge in [-0.3, -0.25) is 33.3 Å². The Bertz CT molecular complexity index is 2600. The Morgan fingerprint density at radius 2 is 0.702 bits per heavy atom. The monoisotopic (exact) mass is 1740 g/mol. The van der Waals surface area contributed by atoms with Gasteiger partial charge in [0.25, 0.3) is 0 Å². The van der Waals surface area contributed by atoms with Gasteiger partial charge >= 0.3 is 31.7 Å². The van der Waals surface area contributed by atoms with Gasteiger partial charge in [-0.1, -0.05) is 362 Å². The number of unbranched alkanes of at least 4 members (excludes halogenated alkanes) is 49. The van der Waals surface area contributed by atoms with Gasteiger partial charge in [0.15, 0.2) is 24.8 Å². The quantitative estimate of drug-likeness (QED) is 0.00898. The maximum atomic E-state index is 15.1. The van der Waals surface area contributed by atoms with Crippen molar-refractivity contribution in [2.75, 3.05) is 13.2 Å². The number of esters is 4. The van der Waals surface area contributed by atoms with Crippen molar-refractivity contribution in [2.45, 2.75) is 551 Å². The second-order valence-electron chi connectivity index (χ2n) is 35.3. The Morgan fingerprint density at radius 3 is 1.11 bits per heavy atom. The SMILES string of the molecule is CCCCCC/C=C\CCCCCCCC(=O)OC(CCCCCCCCCCC)CC(=O)NC1[C@H](OCC2O[C@@H](O)C(NC(=O)CC(O)CCCCCCCCCCC)[C@@H](OC(=O)CC(O)CCCCCCCCCCC)[C@@H]2O)OC(CO)[C@@H](OP(=O)(O)O)[C@@H]1OC(=O)CC(CCCCCCCCCCC)OC(=O)CCCCCCCCCCC. The molecule has 0 aromatic heterocycles. The predicted octanol–water partition coefficient (Wildman–Crippen LogP) is 21.0. The van der Waals surface area contributed by atoms with E-state index in [1.807, 2.05) is 0 Å². The maximum Gasteiger partial charge on any atom is 0.470 e. The third-order valence-corrected chi connectivity index (χ3v) is 24.3. The normalized spacial score (nSPS) is 20.4. The molecule has 121 heavy (non-hydrogen) atoms. The summed E-state index contributed by atoms with van der Waals surface area (Å²) in [6, 6.07) is -3.47. The van der Waals surface area contributed by atoms with E-state index in [0.717, 1.165) is 225 Å². The molecular formula is C96H179N2O22P. The molecule has 0 aliphatic carbocycles. The lowest BCUT2D eigenvalue weighted by atomic mass is 9.95. The first-order valence-electron chi connectivity index (χ1n) is 49.6. The Labute approximate surface area is 733 Å². The minimum atomic E-state index is -5.62. The van der Waals surface area contributed by atoms with Gasteiger partial charge in [0.2, 0.25) is 11.8 Å². The van der Waals surface area contributed by atoms with E-state index in [1.54, 1.807) is 0 Å². The van der Waals surface area contributed by atoms with Crippen LogP contribution in [-0.2, 0) is 71.0 Å². The average molecular weight is 1740 g/mol. The summed E-state index contributed by atoms with van der Waals surface area (Å²) in [7, 11) is -5.62. The van der Waals surface area contributed by atoms with Gasteiger partial charge in [-0.25, -0.2) is 4.57 Å². The summed E-state index contributed by atoms with van der Waals surface area (Å²) < 4.78 is 61.8. The first-order valence-corrected chi connectivity index (χ1v) is 51.2. The van der Waals surface area contributed by atoms with Gasteiger partial charge in [0.05, 0.1) is 51.1 Å². The Kier molecular flexibility index (Phi) is 71.6. The lowest BCUT2D eigenvalue weighted by molar-refractivity contribution is -0.298. The molecule has 25 heteroatoms. The molecule has 14 atom stereocenters. The molecule has 2 amide bonds. The van der Waals surface area contributed by atoms with Gasteiger partial charge in [0.1, 0.15) is 48.7 Å².